The van der Waals surface area contributed by atoms with E-state index in [9.17, 15) is 14.4 Å². The summed E-state index contributed by atoms with van der Waals surface area (Å²) in [5.41, 5.74) is 2.05. The lowest BCUT2D eigenvalue weighted by Crippen LogP contribution is -2.33. The van der Waals surface area contributed by atoms with Crippen molar-refractivity contribution in [2.45, 2.75) is 117 Å². The van der Waals surface area contributed by atoms with E-state index >= 15 is 0 Å². The van der Waals surface area contributed by atoms with Crippen molar-refractivity contribution >= 4 is 18.0 Å². The second-order valence-electron chi connectivity index (χ2n) is 16.3. The van der Waals surface area contributed by atoms with E-state index < -0.39 is 23.4 Å². The summed E-state index contributed by atoms with van der Waals surface area (Å²) in [6.07, 6.45) is 17.3. The third kappa shape index (κ3) is 6.28. The van der Waals surface area contributed by atoms with E-state index in [2.05, 4.69) is 5.10 Å². The van der Waals surface area contributed by atoms with E-state index in [1.165, 1.54) is 73.2 Å². The maximum atomic E-state index is 11.9. The number of hydrogen-bond acceptors (Lipinski definition) is 8. The van der Waals surface area contributed by atoms with Gasteiger partial charge in [0.15, 0.2) is 5.78 Å². The molecule has 0 atom stereocenters. The molecule has 1 amide bonds. The van der Waals surface area contributed by atoms with Crippen molar-refractivity contribution in [1.82, 2.24) is 14.7 Å². The van der Waals surface area contributed by atoms with E-state index in [1.54, 1.807) is 33.0 Å². The molecular weight excluding hydrogens is 574 g/mol. The molecule has 10 nitrogen and oxygen atoms in total. The fourth-order valence-corrected chi connectivity index (χ4v) is 8.81. The highest BCUT2D eigenvalue weighted by Gasteiger charge is 2.86. The van der Waals surface area contributed by atoms with Gasteiger partial charge in [0, 0.05) is 25.1 Å². The molecule has 45 heavy (non-hydrogen) atoms. The van der Waals surface area contributed by atoms with Gasteiger partial charge in [-0.05, 0) is 145 Å². The minimum atomic E-state index is -0.521. The van der Waals surface area contributed by atoms with Gasteiger partial charge in [-0.15, -0.1) is 5.10 Å². The molecule has 248 valence electrons. The van der Waals surface area contributed by atoms with Crippen LogP contribution >= 0.6 is 0 Å². The number of ketones is 1. The molecule has 0 unspecified atom stereocenters. The number of fused-ring (bicyclic) bond motifs is 2. The van der Waals surface area contributed by atoms with E-state index in [-0.39, 0.29) is 12.3 Å². The first kappa shape index (κ1) is 32.1. The van der Waals surface area contributed by atoms with E-state index in [0.29, 0.717) is 19.1 Å². The Morgan fingerprint density at radius 2 is 1.33 bits per heavy atom. The minimum Gasteiger partial charge on any atom is -0.477 e. The Bertz CT molecular complexity index is 1310. The van der Waals surface area contributed by atoms with Crippen LogP contribution in [0, 0.1) is 33.5 Å². The summed E-state index contributed by atoms with van der Waals surface area (Å²) in [6.45, 7) is 12.1. The topological polar surface area (TPSA) is 120 Å². The number of carbonyl (C=O) groups is 3. The smallest absolute Gasteiger partial charge is 0.435 e. The van der Waals surface area contributed by atoms with Gasteiger partial charge in [-0.2, -0.15) is 4.68 Å². The van der Waals surface area contributed by atoms with E-state index in [4.69, 9.17) is 19.3 Å². The molecule has 0 bridgehead atoms. The monoisotopic (exact) mass is 625 g/mol. The summed E-state index contributed by atoms with van der Waals surface area (Å²) in [5.74, 6) is 2.25. The Labute approximate surface area is 266 Å². The van der Waals surface area contributed by atoms with Crippen molar-refractivity contribution in [2.75, 3.05) is 19.8 Å². The Hall–Kier alpha value is -2.88. The zero-order chi connectivity index (χ0) is 32.5. The maximum absolute atomic E-state index is 11.9. The highest BCUT2D eigenvalue weighted by molar-refractivity contribution is 5.96. The average molecular weight is 626 g/mol. The average Bonchev–Trinajstić information content (AvgIpc) is 3.69. The fourth-order valence-electron chi connectivity index (χ4n) is 8.81. The summed E-state index contributed by atoms with van der Waals surface area (Å²) in [6, 6.07) is 1.72. The van der Waals surface area contributed by atoms with Crippen molar-refractivity contribution in [2.24, 2.45) is 33.5 Å². The molecule has 6 aliphatic carbocycles. The van der Waals surface area contributed by atoms with Gasteiger partial charge in [-0.1, -0.05) is 0 Å². The van der Waals surface area contributed by atoms with Crippen LogP contribution in [0.3, 0.4) is 0 Å². The molecule has 0 radical (unpaired) electrons. The van der Waals surface area contributed by atoms with Crippen molar-refractivity contribution in [3.8, 4) is 5.88 Å². The quantitative estimate of drug-likeness (QED) is 0.380. The summed E-state index contributed by atoms with van der Waals surface area (Å²) in [4.78, 5) is 35.2. The molecule has 4 spiro atoms. The molecule has 8 rings (SSSR count). The van der Waals surface area contributed by atoms with Crippen LogP contribution in [-0.4, -0.2) is 68.7 Å². The largest absolute Gasteiger partial charge is 0.477 e. The van der Waals surface area contributed by atoms with Gasteiger partial charge in [-0.3, -0.25) is 9.69 Å². The first-order valence-electron chi connectivity index (χ1n) is 16.8. The minimum absolute atomic E-state index is 0.0779. The first-order chi connectivity index (χ1) is 21.1. The van der Waals surface area contributed by atoms with Crippen molar-refractivity contribution in [3.05, 3.63) is 24.5 Å². The van der Waals surface area contributed by atoms with Gasteiger partial charge in [0.1, 0.15) is 11.2 Å². The van der Waals surface area contributed by atoms with Gasteiger partial charge < -0.3 is 19.3 Å². The summed E-state index contributed by atoms with van der Waals surface area (Å²) in [7, 11) is 0. The number of amides is 1. The van der Waals surface area contributed by atoms with Gasteiger partial charge in [0.05, 0.1) is 13.2 Å². The van der Waals surface area contributed by atoms with E-state index in [1.807, 2.05) is 20.8 Å². The van der Waals surface area contributed by atoms with Crippen LogP contribution in [0.15, 0.2) is 24.5 Å². The van der Waals surface area contributed by atoms with Gasteiger partial charge in [0.25, 0.3) is 0 Å². The highest BCUT2D eigenvalue weighted by Crippen LogP contribution is 2.93. The molecule has 6 saturated carbocycles. The van der Waals surface area contributed by atoms with Crippen molar-refractivity contribution in [3.63, 3.8) is 0 Å². The third-order valence-electron chi connectivity index (χ3n) is 11.3. The Morgan fingerprint density at radius 3 is 1.76 bits per heavy atom. The standard InChI is InChI=1S/C17H24N2O3.C9H13NO3.C9H14O/c1-15(2,3)22-14(20)19-10-4-13(18-19)21-11-5-12-16(6-7-16)17(12)8-9-17;1-9(2,3)13-8(12)10-5-4-7(11)6-10;10-6-1-7-8(2-3-8)9(7)4-5-9/h4,10,12H,5-9,11H2,1-3H3;4-5H,6H2,1-3H3;7,10H,1-6H2. The molecule has 1 aliphatic heterocycles. The van der Waals surface area contributed by atoms with Crippen LogP contribution in [0.1, 0.15) is 106 Å². The van der Waals surface area contributed by atoms with Crippen LogP contribution in [0.2, 0.25) is 0 Å². The van der Waals surface area contributed by atoms with Gasteiger partial charge in [-0.25, -0.2) is 9.59 Å². The lowest BCUT2D eigenvalue weighted by molar-refractivity contribution is -0.114. The second-order valence-corrected chi connectivity index (χ2v) is 16.3. The zero-order valence-corrected chi connectivity index (χ0v) is 27.9. The number of aliphatic hydroxyl groups excluding tert-OH is 1. The molecule has 7 aliphatic rings. The first-order valence-corrected chi connectivity index (χ1v) is 16.8. The summed E-state index contributed by atoms with van der Waals surface area (Å²) < 4.78 is 17.2. The Morgan fingerprint density at radius 1 is 0.844 bits per heavy atom. The number of ether oxygens (including phenoxy) is 3. The molecule has 6 fully saturated rings. The lowest BCUT2D eigenvalue weighted by atomic mass is 10.2. The SMILES string of the molecule is CC(C)(C)OC(=O)N1C=CC(=O)C1.CC(C)(C)OC(=O)n1ccc(OCCC2C3(CC3)C23CC3)n1.OCCC1C2(CC2)C12CC2. The number of nitrogens with zero attached hydrogens (tertiary/aromatic N) is 3. The molecule has 10 heteroatoms. The maximum Gasteiger partial charge on any atom is 0.435 e. The molecule has 1 N–H and O–H groups in total. The number of aromatic nitrogens is 2. The molecule has 0 aromatic carbocycles. The predicted molar refractivity (Wildman–Crippen MR) is 166 cm³/mol. The number of carbonyl (C=O) groups excluding carboxylic acids is 3. The molecule has 1 aromatic rings. The van der Waals surface area contributed by atoms with Crippen LogP contribution < -0.4 is 4.74 Å². The lowest BCUT2D eigenvalue weighted by Gasteiger charge is -2.22. The fraction of sp³-hybridized carbons (Fsp3) is 0.771. The van der Waals surface area contributed by atoms with Crippen molar-refractivity contribution < 1.29 is 33.7 Å². The van der Waals surface area contributed by atoms with Crippen LogP contribution in [0.4, 0.5) is 9.59 Å². The van der Waals surface area contributed by atoms with Gasteiger partial charge >= 0.3 is 12.2 Å². The second kappa shape index (κ2) is 10.8. The van der Waals surface area contributed by atoms with Crippen LogP contribution in [0.25, 0.3) is 0 Å². The Balaban J connectivity index is 0.000000131. The summed E-state index contributed by atoms with van der Waals surface area (Å²) >= 11 is 0. The number of aliphatic hydroxyl groups is 1. The normalized spacial score (nSPS) is 25.7. The van der Waals surface area contributed by atoms with Gasteiger partial charge in [0.2, 0.25) is 5.88 Å². The van der Waals surface area contributed by atoms with Crippen LogP contribution in [-0.2, 0) is 14.3 Å². The Kier molecular flexibility index (Phi) is 7.73. The highest BCUT2D eigenvalue weighted by atomic mass is 16.6. The predicted octanol–water partition coefficient (Wildman–Crippen LogP) is 6.50. The van der Waals surface area contributed by atoms with Crippen molar-refractivity contribution in [1.29, 1.82) is 0 Å². The number of hydrogen-bond donors (Lipinski definition) is 1. The number of rotatable bonds is 6. The zero-order valence-electron chi connectivity index (χ0n) is 27.9. The molecular formula is C35H51N3O7. The third-order valence-corrected chi connectivity index (χ3v) is 11.3. The molecule has 1 aromatic heterocycles. The summed E-state index contributed by atoms with van der Waals surface area (Å²) in [5, 5.41) is 12.9. The van der Waals surface area contributed by atoms with Crippen LogP contribution in [0.5, 0.6) is 5.88 Å². The van der Waals surface area contributed by atoms with E-state index in [0.717, 1.165) is 46.3 Å². The molecule has 0 saturated heterocycles. The molecule has 2 heterocycles.